The summed E-state index contributed by atoms with van der Waals surface area (Å²) < 4.78 is 29.3. The zero-order valence-electron chi connectivity index (χ0n) is 17.4. The van der Waals surface area contributed by atoms with Crippen molar-refractivity contribution >= 4 is 15.9 Å². The molecule has 162 valence electrons. The van der Waals surface area contributed by atoms with Crippen molar-refractivity contribution in [3.63, 3.8) is 0 Å². The molecule has 3 aromatic rings. The van der Waals surface area contributed by atoms with E-state index in [1.54, 1.807) is 30.1 Å². The Morgan fingerprint density at radius 1 is 1.06 bits per heavy atom. The number of carbonyl (C=O) groups is 1. The van der Waals surface area contributed by atoms with Gasteiger partial charge in [-0.15, -0.1) is 0 Å². The maximum Gasteiger partial charge on any atom is 0.251 e. The number of sulfonamides is 1. The number of hydrogen-bond acceptors (Lipinski definition) is 5. The van der Waals surface area contributed by atoms with Crippen LogP contribution in [0.5, 0.6) is 0 Å². The number of benzene rings is 2. The second-order valence-electron chi connectivity index (χ2n) is 7.63. The molecule has 1 N–H and O–H groups in total. The molecule has 4 rings (SSSR count). The normalized spacial score (nSPS) is 15.0. The van der Waals surface area contributed by atoms with E-state index < -0.39 is 10.0 Å². The Morgan fingerprint density at radius 2 is 1.81 bits per heavy atom. The second kappa shape index (κ2) is 8.99. The molecule has 1 aliphatic heterocycles. The lowest BCUT2D eigenvalue weighted by atomic mass is 10.1. The fourth-order valence-electron chi connectivity index (χ4n) is 3.66. The highest BCUT2D eigenvalue weighted by atomic mass is 32.2. The fourth-order valence-corrected chi connectivity index (χ4v) is 5.42. The van der Waals surface area contributed by atoms with Crippen LogP contribution in [-0.2, 0) is 16.6 Å². The van der Waals surface area contributed by atoms with Crippen LogP contribution in [0.4, 0.5) is 0 Å². The van der Waals surface area contributed by atoms with E-state index in [9.17, 15) is 13.2 Å². The minimum atomic E-state index is -3.60. The van der Waals surface area contributed by atoms with Crippen molar-refractivity contribution in [1.29, 1.82) is 0 Å². The number of nitrogens with zero attached hydrogens (tertiary/aromatic N) is 4. The van der Waals surface area contributed by atoms with E-state index >= 15 is 0 Å². The van der Waals surface area contributed by atoms with Crippen LogP contribution in [0.2, 0.25) is 0 Å². The number of nitrogens with one attached hydrogen (secondary N) is 1. The summed E-state index contributed by atoms with van der Waals surface area (Å²) in [5, 5.41) is 6.95. The Labute approximate surface area is 182 Å². The molecule has 0 spiro atoms. The number of rotatable bonds is 6. The van der Waals surface area contributed by atoms with Crippen LogP contribution in [0.25, 0.3) is 5.69 Å². The van der Waals surface area contributed by atoms with Gasteiger partial charge in [0.2, 0.25) is 10.0 Å². The molecule has 8 nitrogen and oxygen atoms in total. The number of carbonyl (C=O) groups excluding carboxylic acids is 1. The summed E-state index contributed by atoms with van der Waals surface area (Å²) in [4.78, 5) is 16.8. The van der Waals surface area contributed by atoms with Crippen LogP contribution in [0.3, 0.4) is 0 Å². The van der Waals surface area contributed by atoms with Crippen molar-refractivity contribution in [2.45, 2.75) is 37.6 Å². The Bertz CT molecular complexity index is 1150. The van der Waals surface area contributed by atoms with Crippen LogP contribution in [0.1, 0.15) is 40.7 Å². The monoisotopic (exact) mass is 439 g/mol. The lowest BCUT2D eigenvalue weighted by molar-refractivity contribution is 0.0950. The van der Waals surface area contributed by atoms with Crippen LogP contribution in [0.15, 0.2) is 60.0 Å². The number of aryl methyl sites for hydroxylation is 1. The first-order valence-corrected chi connectivity index (χ1v) is 11.7. The molecule has 1 aromatic heterocycles. The lowest BCUT2D eigenvalue weighted by Crippen LogP contribution is -2.36. The van der Waals surface area contributed by atoms with Crippen LogP contribution < -0.4 is 5.32 Å². The first-order valence-electron chi connectivity index (χ1n) is 10.3. The summed E-state index contributed by atoms with van der Waals surface area (Å²) in [5.74, 6) is -0.310. The van der Waals surface area contributed by atoms with Gasteiger partial charge in [-0.3, -0.25) is 4.79 Å². The topological polar surface area (TPSA) is 97.2 Å². The average molecular weight is 440 g/mol. The molecule has 0 aliphatic carbocycles. The van der Waals surface area contributed by atoms with Crippen molar-refractivity contribution in [1.82, 2.24) is 24.4 Å². The van der Waals surface area contributed by atoms with E-state index in [1.165, 1.54) is 16.7 Å². The quantitative estimate of drug-likeness (QED) is 0.637. The van der Waals surface area contributed by atoms with E-state index in [0.29, 0.717) is 30.8 Å². The third-order valence-corrected chi connectivity index (χ3v) is 7.50. The Balaban J connectivity index is 1.46. The number of amides is 1. The van der Waals surface area contributed by atoms with Gasteiger partial charge in [-0.2, -0.15) is 9.40 Å². The third kappa shape index (κ3) is 4.67. The van der Waals surface area contributed by atoms with Gasteiger partial charge in [-0.05, 0) is 55.2 Å². The molecular weight excluding hydrogens is 414 g/mol. The van der Waals surface area contributed by atoms with Crippen molar-refractivity contribution in [3.05, 3.63) is 71.8 Å². The molecule has 31 heavy (non-hydrogen) atoms. The molecule has 1 saturated heterocycles. The van der Waals surface area contributed by atoms with Crippen LogP contribution in [-0.4, -0.2) is 46.5 Å². The number of piperidine rings is 1. The second-order valence-corrected chi connectivity index (χ2v) is 9.54. The molecule has 0 radical (unpaired) electrons. The molecule has 0 atom stereocenters. The van der Waals surface area contributed by atoms with Crippen LogP contribution >= 0.6 is 0 Å². The van der Waals surface area contributed by atoms with E-state index in [2.05, 4.69) is 15.4 Å². The number of aromatic nitrogens is 3. The van der Waals surface area contributed by atoms with Gasteiger partial charge in [0.25, 0.3) is 5.91 Å². The summed E-state index contributed by atoms with van der Waals surface area (Å²) in [6.45, 7) is 3.15. The summed E-state index contributed by atoms with van der Waals surface area (Å²) in [6.07, 6.45) is 5.87. The highest BCUT2D eigenvalue weighted by molar-refractivity contribution is 7.89. The van der Waals surface area contributed by atoms with E-state index in [1.807, 2.05) is 24.3 Å². The SMILES string of the molecule is Cc1ccc(C(=O)NCc2ccc(-n3cncn3)cc2)cc1S(=O)(=O)N1CCCCC1. The maximum atomic E-state index is 13.1. The van der Waals surface area contributed by atoms with Gasteiger partial charge in [0.05, 0.1) is 10.6 Å². The van der Waals surface area contributed by atoms with E-state index in [4.69, 9.17) is 0 Å². The van der Waals surface area contributed by atoms with E-state index in [0.717, 1.165) is 30.5 Å². The summed E-state index contributed by atoms with van der Waals surface area (Å²) in [6, 6.07) is 12.4. The molecule has 1 aliphatic rings. The highest BCUT2D eigenvalue weighted by Gasteiger charge is 2.28. The van der Waals surface area contributed by atoms with Gasteiger partial charge in [0.1, 0.15) is 12.7 Å². The first kappa shape index (κ1) is 21.2. The van der Waals surface area contributed by atoms with E-state index in [-0.39, 0.29) is 10.8 Å². The van der Waals surface area contributed by atoms with Crippen LogP contribution in [0, 0.1) is 6.92 Å². The Hall–Kier alpha value is -3.04. The summed E-state index contributed by atoms with van der Waals surface area (Å²) >= 11 is 0. The maximum absolute atomic E-state index is 13.1. The predicted octanol–water partition coefficient (Wildman–Crippen LogP) is 2.68. The van der Waals surface area contributed by atoms with Gasteiger partial charge < -0.3 is 5.32 Å². The zero-order valence-corrected chi connectivity index (χ0v) is 18.2. The molecule has 2 heterocycles. The molecule has 0 bridgehead atoms. The minimum absolute atomic E-state index is 0.208. The van der Waals surface area contributed by atoms with Gasteiger partial charge in [0.15, 0.2) is 0 Å². The molecule has 9 heteroatoms. The van der Waals surface area contributed by atoms with Crippen molar-refractivity contribution in [2.24, 2.45) is 0 Å². The molecule has 2 aromatic carbocycles. The molecule has 1 amide bonds. The average Bonchev–Trinajstić information content (AvgIpc) is 3.33. The van der Waals surface area contributed by atoms with Crippen molar-refractivity contribution < 1.29 is 13.2 Å². The van der Waals surface area contributed by atoms with Crippen molar-refractivity contribution in [2.75, 3.05) is 13.1 Å². The molecule has 0 saturated carbocycles. The molecule has 1 fully saturated rings. The smallest absolute Gasteiger partial charge is 0.251 e. The Kier molecular flexibility index (Phi) is 6.15. The van der Waals surface area contributed by atoms with Gasteiger partial charge in [-0.1, -0.05) is 24.6 Å². The Morgan fingerprint density at radius 3 is 2.48 bits per heavy atom. The highest BCUT2D eigenvalue weighted by Crippen LogP contribution is 2.24. The molecule has 0 unspecified atom stereocenters. The van der Waals surface area contributed by atoms with Gasteiger partial charge >= 0.3 is 0 Å². The molecular formula is C22H25N5O3S. The largest absolute Gasteiger partial charge is 0.348 e. The summed E-state index contributed by atoms with van der Waals surface area (Å²) in [7, 11) is -3.60. The summed E-state index contributed by atoms with van der Waals surface area (Å²) in [5.41, 5.74) is 2.77. The lowest BCUT2D eigenvalue weighted by Gasteiger charge is -2.26. The fraction of sp³-hybridized carbons (Fsp3) is 0.318. The minimum Gasteiger partial charge on any atom is -0.348 e. The zero-order chi connectivity index (χ0) is 21.8. The van der Waals surface area contributed by atoms with Gasteiger partial charge in [0, 0.05) is 25.2 Å². The predicted molar refractivity (Wildman–Crippen MR) is 116 cm³/mol. The number of hydrogen-bond donors (Lipinski definition) is 1. The first-order chi connectivity index (χ1) is 14.9. The third-order valence-electron chi connectivity index (χ3n) is 5.46. The van der Waals surface area contributed by atoms with Gasteiger partial charge in [-0.25, -0.2) is 18.1 Å². The van der Waals surface area contributed by atoms with Crippen molar-refractivity contribution in [3.8, 4) is 5.69 Å². The standard InChI is InChI=1S/C22H25N5O3S/c1-17-5-8-19(13-21(17)31(29,30)26-11-3-2-4-12-26)22(28)24-14-18-6-9-20(10-7-18)27-16-23-15-25-27/h5-10,13,15-16H,2-4,11-12,14H2,1H3,(H,24,28).